The molecule has 1 aliphatic heterocycles. The van der Waals surface area contributed by atoms with Gasteiger partial charge in [-0.2, -0.15) is 0 Å². The first-order chi connectivity index (χ1) is 6.51. The Balaban J connectivity index is 2.24. The predicted molar refractivity (Wildman–Crippen MR) is 64.0 cm³/mol. The fourth-order valence-corrected chi connectivity index (χ4v) is 2.23. The Labute approximate surface area is 93.8 Å². The minimum atomic E-state index is 0.466. The molecule has 1 unspecified atom stereocenters. The van der Waals surface area contributed by atoms with Gasteiger partial charge < -0.3 is 4.90 Å². The zero-order chi connectivity index (χ0) is 10.6. The summed E-state index contributed by atoms with van der Waals surface area (Å²) in [4.78, 5) is 2.59. The molecule has 0 radical (unpaired) electrons. The van der Waals surface area contributed by atoms with Gasteiger partial charge in [-0.3, -0.25) is 0 Å². The standard InChI is InChI=1S/C12H24ClN/c1-12(2,3)6-8-14-7-4-5-11(9-13)10-14/h11H,4-10H2,1-3H3. The van der Waals surface area contributed by atoms with Crippen molar-refractivity contribution in [2.24, 2.45) is 11.3 Å². The van der Waals surface area contributed by atoms with E-state index >= 15 is 0 Å². The highest BCUT2D eigenvalue weighted by atomic mass is 35.5. The van der Waals surface area contributed by atoms with E-state index in [-0.39, 0.29) is 0 Å². The molecule has 1 atom stereocenters. The number of hydrogen-bond acceptors (Lipinski definition) is 1. The molecule has 0 aromatic heterocycles. The van der Waals surface area contributed by atoms with Gasteiger partial charge in [0.05, 0.1) is 0 Å². The number of nitrogens with zero attached hydrogens (tertiary/aromatic N) is 1. The van der Waals surface area contributed by atoms with Crippen LogP contribution in [0.3, 0.4) is 0 Å². The molecule has 1 saturated heterocycles. The SMILES string of the molecule is CC(C)(C)CCN1CCCC(CCl)C1. The number of rotatable bonds is 3. The summed E-state index contributed by atoms with van der Waals surface area (Å²) < 4.78 is 0. The highest BCUT2D eigenvalue weighted by molar-refractivity contribution is 6.18. The Kier molecular flexibility index (Phi) is 4.72. The first kappa shape index (κ1) is 12.3. The monoisotopic (exact) mass is 217 g/mol. The van der Waals surface area contributed by atoms with Crippen molar-refractivity contribution in [3.63, 3.8) is 0 Å². The van der Waals surface area contributed by atoms with Crippen molar-refractivity contribution in [1.82, 2.24) is 4.90 Å². The summed E-state index contributed by atoms with van der Waals surface area (Å²) in [5.41, 5.74) is 0.466. The van der Waals surface area contributed by atoms with E-state index in [0.717, 1.165) is 11.8 Å². The molecule has 1 rings (SSSR count). The van der Waals surface area contributed by atoms with Gasteiger partial charge in [-0.1, -0.05) is 20.8 Å². The van der Waals surface area contributed by atoms with Crippen LogP contribution in [0.25, 0.3) is 0 Å². The predicted octanol–water partition coefficient (Wildman–Crippen LogP) is 3.37. The summed E-state index contributed by atoms with van der Waals surface area (Å²) >= 11 is 5.91. The molecule has 0 aromatic carbocycles. The Morgan fingerprint density at radius 1 is 1.36 bits per heavy atom. The van der Waals surface area contributed by atoms with E-state index in [2.05, 4.69) is 25.7 Å². The van der Waals surface area contributed by atoms with E-state index in [1.165, 1.54) is 38.9 Å². The summed E-state index contributed by atoms with van der Waals surface area (Å²) in [6, 6.07) is 0. The van der Waals surface area contributed by atoms with E-state index in [1.54, 1.807) is 0 Å². The fraction of sp³-hybridized carbons (Fsp3) is 1.00. The Bertz CT molecular complexity index is 162. The second-order valence-corrected chi connectivity index (χ2v) is 6.08. The lowest BCUT2D eigenvalue weighted by Crippen LogP contribution is -2.37. The number of alkyl halides is 1. The maximum atomic E-state index is 5.91. The normalized spacial score (nSPS) is 25.3. The van der Waals surface area contributed by atoms with Crippen LogP contribution in [-0.4, -0.2) is 30.4 Å². The Morgan fingerprint density at radius 2 is 2.07 bits per heavy atom. The quantitative estimate of drug-likeness (QED) is 0.656. The molecule has 1 fully saturated rings. The van der Waals surface area contributed by atoms with Crippen LogP contribution in [0.1, 0.15) is 40.0 Å². The lowest BCUT2D eigenvalue weighted by Gasteiger charge is -2.33. The topological polar surface area (TPSA) is 3.24 Å². The van der Waals surface area contributed by atoms with Gasteiger partial charge >= 0.3 is 0 Å². The first-order valence-electron chi connectivity index (χ1n) is 5.79. The van der Waals surface area contributed by atoms with Crippen LogP contribution in [0.5, 0.6) is 0 Å². The number of halogens is 1. The lowest BCUT2D eigenvalue weighted by atomic mass is 9.91. The van der Waals surface area contributed by atoms with Crippen molar-refractivity contribution in [1.29, 1.82) is 0 Å². The van der Waals surface area contributed by atoms with Crippen molar-refractivity contribution < 1.29 is 0 Å². The molecule has 0 aliphatic carbocycles. The van der Waals surface area contributed by atoms with E-state index in [1.807, 2.05) is 0 Å². The third-order valence-corrected chi connectivity index (χ3v) is 3.44. The molecule has 0 N–H and O–H groups in total. The number of likely N-dealkylation sites (tertiary alicyclic amines) is 1. The van der Waals surface area contributed by atoms with E-state index in [0.29, 0.717) is 5.41 Å². The third-order valence-electron chi connectivity index (χ3n) is 3.00. The van der Waals surface area contributed by atoms with Crippen LogP contribution in [-0.2, 0) is 0 Å². The molecule has 2 heteroatoms. The zero-order valence-corrected chi connectivity index (χ0v) is 10.6. The average Bonchev–Trinajstić information content (AvgIpc) is 2.14. The van der Waals surface area contributed by atoms with Crippen LogP contribution >= 0.6 is 11.6 Å². The molecule has 14 heavy (non-hydrogen) atoms. The molecule has 1 aliphatic rings. The summed E-state index contributed by atoms with van der Waals surface area (Å²) in [6.45, 7) is 10.7. The zero-order valence-electron chi connectivity index (χ0n) is 9.85. The minimum Gasteiger partial charge on any atom is -0.303 e. The maximum Gasteiger partial charge on any atom is 0.0263 e. The second kappa shape index (κ2) is 5.37. The maximum absolute atomic E-state index is 5.91. The molecular weight excluding hydrogens is 194 g/mol. The third kappa shape index (κ3) is 4.65. The van der Waals surface area contributed by atoms with Gasteiger partial charge in [0.1, 0.15) is 0 Å². The lowest BCUT2D eigenvalue weighted by molar-refractivity contribution is 0.163. The molecule has 1 heterocycles. The largest absolute Gasteiger partial charge is 0.303 e. The molecule has 84 valence electrons. The molecule has 1 nitrogen and oxygen atoms in total. The summed E-state index contributed by atoms with van der Waals surface area (Å²) in [6.07, 6.45) is 3.96. The first-order valence-corrected chi connectivity index (χ1v) is 6.33. The van der Waals surface area contributed by atoms with Gasteiger partial charge in [-0.15, -0.1) is 11.6 Å². The van der Waals surface area contributed by atoms with Gasteiger partial charge in [-0.05, 0) is 43.7 Å². The highest BCUT2D eigenvalue weighted by Crippen LogP contribution is 2.22. The molecule has 0 saturated carbocycles. The number of piperidine rings is 1. The molecule has 0 amide bonds. The van der Waals surface area contributed by atoms with Gasteiger partial charge in [-0.25, -0.2) is 0 Å². The minimum absolute atomic E-state index is 0.466. The van der Waals surface area contributed by atoms with Crippen molar-refractivity contribution in [3.05, 3.63) is 0 Å². The van der Waals surface area contributed by atoms with Crippen LogP contribution in [0.15, 0.2) is 0 Å². The van der Waals surface area contributed by atoms with Crippen molar-refractivity contribution in [2.75, 3.05) is 25.5 Å². The Morgan fingerprint density at radius 3 is 2.64 bits per heavy atom. The summed E-state index contributed by atoms with van der Waals surface area (Å²) in [7, 11) is 0. The summed E-state index contributed by atoms with van der Waals surface area (Å²) in [5, 5.41) is 0. The van der Waals surface area contributed by atoms with Crippen LogP contribution < -0.4 is 0 Å². The van der Waals surface area contributed by atoms with Gasteiger partial charge in [0.2, 0.25) is 0 Å². The molecule has 0 spiro atoms. The fourth-order valence-electron chi connectivity index (χ4n) is 1.97. The van der Waals surface area contributed by atoms with E-state index in [4.69, 9.17) is 11.6 Å². The van der Waals surface area contributed by atoms with Crippen LogP contribution in [0, 0.1) is 11.3 Å². The van der Waals surface area contributed by atoms with Crippen molar-refractivity contribution in [3.8, 4) is 0 Å². The van der Waals surface area contributed by atoms with Gasteiger partial charge in [0.25, 0.3) is 0 Å². The van der Waals surface area contributed by atoms with Crippen LogP contribution in [0.4, 0.5) is 0 Å². The van der Waals surface area contributed by atoms with E-state index in [9.17, 15) is 0 Å². The Hall–Kier alpha value is 0.250. The average molecular weight is 218 g/mol. The smallest absolute Gasteiger partial charge is 0.0263 e. The molecule has 0 bridgehead atoms. The van der Waals surface area contributed by atoms with Crippen LogP contribution in [0.2, 0.25) is 0 Å². The van der Waals surface area contributed by atoms with Crippen molar-refractivity contribution in [2.45, 2.75) is 40.0 Å². The second-order valence-electron chi connectivity index (χ2n) is 5.77. The number of hydrogen-bond donors (Lipinski definition) is 0. The van der Waals surface area contributed by atoms with Crippen molar-refractivity contribution >= 4 is 11.6 Å². The molecular formula is C12H24ClN. The molecule has 0 aromatic rings. The van der Waals surface area contributed by atoms with Gasteiger partial charge in [0.15, 0.2) is 0 Å². The highest BCUT2D eigenvalue weighted by Gasteiger charge is 2.20. The van der Waals surface area contributed by atoms with Gasteiger partial charge in [0, 0.05) is 12.4 Å². The van der Waals surface area contributed by atoms with E-state index < -0.39 is 0 Å². The summed E-state index contributed by atoms with van der Waals surface area (Å²) in [5.74, 6) is 1.58.